The lowest BCUT2D eigenvalue weighted by Gasteiger charge is -2.31. The van der Waals surface area contributed by atoms with E-state index in [0.29, 0.717) is 0 Å². The van der Waals surface area contributed by atoms with Gasteiger partial charge < -0.3 is 4.57 Å². The highest BCUT2D eigenvalue weighted by Crippen LogP contribution is 2.48. The highest BCUT2D eigenvalue weighted by molar-refractivity contribution is 5.76. The van der Waals surface area contributed by atoms with Crippen molar-refractivity contribution in [2.24, 2.45) is 7.05 Å². The van der Waals surface area contributed by atoms with Crippen LogP contribution in [0.25, 0.3) is 17.2 Å². The van der Waals surface area contributed by atoms with E-state index in [2.05, 4.69) is 98.5 Å². The lowest BCUT2D eigenvalue weighted by atomic mass is 9.72. The van der Waals surface area contributed by atoms with Crippen LogP contribution in [0.15, 0.2) is 67.0 Å². The van der Waals surface area contributed by atoms with Crippen molar-refractivity contribution in [2.45, 2.75) is 44.9 Å². The molecule has 1 unspecified atom stereocenters. The molecule has 0 amide bonds. The van der Waals surface area contributed by atoms with E-state index in [1.54, 1.807) is 5.56 Å². The largest absolute Gasteiger partial charge is 0.356 e. The van der Waals surface area contributed by atoms with Crippen LogP contribution in [-0.2, 0) is 18.9 Å². The Bertz CT molecular complexity index is 957. The van der Waals surface area contributed by atoms with Gasteiger partial charge in [0.2, 0.25) is 0 Å². The SMILES string of the molecule is C/C=C\c1cn(C)cc1-c1ccc2c(c1)C(CCC)(c1ccccc1)CC2. The molecule has 138 valence electrons. The summed E-state index contributed by atoms with van der Waals surface area (Å²) in [4.78, 5) is 0. The zero-order valence-electron chi connectivity index (χ0n) is 16.7. The van der Waals surface area contributed by atoms with Gasteiger partial charge in [0.1, 0.15) is 0 Å². The molecule has 0 spiro atoms. The van der Waals surface area contributed by atoms with Crippen LogP contribution < -0.4 is 0 Å². The van der Waals surface area contributed by atoms with E-state index in [4.69, 9.17) is 0 Å². The first-order valence-electron chi connectivity index (χ1n) is 10.2. The summed E-state index contributed by atoms with van der Waals surface area (Å²) in [6.45, 7) is 4.40. The fraction of sp³-hybridized carbons (Fsp3) is 0.308. The third-order valence-corrected chi connectivity index (χ3v) is 6.09. The molecule has 27 heavy (non-hydrogen) atoms. The number of hydrogen-bond donors (Lipinski definition) is 0. The van der Waals surface area contributed by atoms with E-state index in [9.17, 15) is 0 Å². The highest BCUT2D eigenvalue weighted by Gasteiger charge is 2.39. The zero-order chi connectivity index (χ0) is 18.9. The van der Waals surface area contributed by atoms with Crippen molar-refractivity contribution in [2.75, 3.05) is 0 Å². The summed E-state index contributed by atoms with van der Waals surface area (Å²) in [6, 6.07) is 18.3. The van der Waals surface area contributed by atoms with E-state index < -0.39 is 0 Å². The molecule has 0 bridgehead atoms. The highest BCUT2D eigenvalue weighted by atomic mass is 14.9. The summed E-state index contributed by atoms with van der Waals surface area (Å²) >= 11 is 0. The van der Waals surface area contributed by atoms with Crippen molar-refractivity contribution in [3.8, 4) is 11.1 Å². The van der Waals surface area contributed by atoms with Crippen LogP contribution in [0.5, 0.6) is 0 Å². The molecule has 1 heterocycles. The number of benzene rings is 2. The monoisotopic (exact) mass is 355 g/mol. The van der Waals surface area contributed by atoms with Gasteiger partial charge in [-0.15, -0.1) is 0 Å². The number of aryl methyl sites for hydroxylation is 2. The van der Waals surface area contributed by atoms with Crippen molar-refractivity contribution in [1.82, 2.24) is 4.57 Å². The average molecular weight is 356 g/mol. The van der Waals surface area contributed by atoms with Gasteiger partial charge in [-0.25, -0.2) is 0 Å². The van der Waals surface area contributed by atoms with Crippen molar-refractivity contribution >= 4 is 6.08 Å². The molecule has 2 aromatic carbocycles. The van der Waals surface area contributed by atoms with Gasteiger partial charge >= 0.3 is 0 Å². The van der Waals surface area contributed by atoms with Gasteiger partial charge in [0.05, 0.1) is 0 Å². The third kappa shape index (κ3) is 3.06. The van der Waals surface area contributed by atoms with E-state index >= 15 is 0 Å². The molecule has 1 heteroatoms. The first kappa shape index (κ1) is 17.9. The van der Waals surface area contributed by atoms with E-state index in [0.717, 1.165) is 0 Å². The quantitative estimate of drug-likeness (QED) is 0.476. The number of allylic oxidation sites excluding steroid dienone is 1. The predicted octanol–water partition coefficient (Wildman–Crippen LogP) is 6.76. The summed E-state index contributed by atoms with van der Waals surface area (Å²) in [5.41, 5.74) is 8.66. The number of nitrogens with zero attached hydrogens (tertiary/aromatic N) is 1. The first-order valence-corrected chi connectivity index (χ1v) is 10.2. The lowest BCUT2D eigenvalue weighted by Crippen LogP contribution is -2.24. The molecule has 1 nitrogen and oxygen atoms in total. The van der Waals surface area contributed by atoms with Crippen molar-refractivity contribution in [3.63, 3.8) is 0 Å². The summed E-state index contributed by atoms with van der Waals surface area (Å²) < 4.78 is 2.16. The molecule has 1 atom stereocenters. The van der Waals surface area contributed by atoms with Crippen LogP contribution >= 0.6 is 0 Å². The van der Waals surface area contributed by atoms with E-state index in [1.807, 2.05) is 0 Å². The normalized spacial score (nSPS) is 18.9. The minimum atomic E-state index is 0.164. The number of rotatable bonds is 5. The molecule has 3 aromatic rings. The Labute approximate surface area is 163 Å². The second kappa shape index (κ2) is 7.23. The topological polar surface area (TPSA) is 4.93 Å². The van der Waals surface area contributed by atoms with Crippen LogP contribution in [-0.4, -0.2) is 4.57 Å². The Hall–Kier alpha value is -2.54. The van der Waals surface area contributed by atoms with E-state index in [-0.39, 0.29) is 5.41 Å². The molecule has 1 aliphatic rings. The van der Waals surface area contributed by atoms with Crippen LogP contribution in [0.2, 0.25) is 0 Å². The molecular formula is C26H29N. The molecule has 0 radical (unpaired) electrons. The maximum Gasteiger partial charge on any atom is 0.0208 e. The molecular weight excluding hydrogens is 326 g/mol. The minimum Gasteiger partial charge on any atom is -0.356 e. The Balaban J connectivity index is 1.87. The zero-order valence-corrected chi connectivity index (χ0v) is 16.7. The van der Waals surface area contributed by atoms with Gasteiger partial charge in [0.25, 0.3) is 0 Å². The Morgan fingerprint density at radius 3 is 2.63 bits per heavy atom. The van der Waals surface area contributed by atoms with Crippen LogP contribution in [0.1, 0.15) is 55.4 Å². The van der Waals surface area contributed by atoms with Gasteiger partial charge in [-0.1, -0.05) is 68.0 Å². The summed E-state index contributed by atoms with van der Waals surface area (Å²) in [6.07, 6.45) is 13.6. The van der Waals surface area contributed by atoms with Crippen molar-refractivity contribution in [1.29, 1.82) is 0 Å². The van der Waals surface area contributed by atoms with Crippen LogP contribution in [0.4, 0.5) is 0 Å². The summed E-state index contributed by atoms with van der Waals surface area (Å²) in [5, 5.41) is 0. The maximum absolute atomic E-state index is 2.48. The van der Waals surface area contributed by atoms with Gasteiger partial charge in [0.15, 0.2) is 0 Å². The van der Waals surface area contributed by atoms with Crippen LogP contribution in [0, 0.1) is 0 Å². The van der Waals surface area contributed by atoms with Crippen LogP contribution in [0.3, 0.4) is 0 Å². The molecule has 0 saturated heterocycles. The predicted molar refractivity (Wildman–Crippen MR) is 116 cm³/mol. The van der Waals surface area contributed by atoms with Gasteiger partial charge in [-0.05, 0) is 60.1 Å². The lowest BCUT2D eigenvalue weighted by molar-refractivity contribution is 0.463. The molecule has 0 N–H and O–H groups in total. The van der Waals surface area contributed by atoms with Crippen molar-refractivity contribution in [3.05, 3.63) is 89.3 Å². The summed E-state index contributed by atoms with van der Waals surface area (Å²) in [5.74, 6) is 0. The molecule has 1 aromatic heterocycles. The van der Waals surface area contributed by atoms with Gasteiger partial charge in [0, 0.05) is 30.4 Å². The third-order valence-electron chi connectivity index (χ3n) is 6.09. The minimum absolute atomic E-state index is 0.164. The molecule has 4 rings (SSSR count). The molecule has 0 aliphatic heterocycles. The smallest absolute Gasteiger partial charge is 0.0208 e. The first-order chi connectivity index (χ1) is 13.2. The molecule has 1 aliphatic carbocycles. The maximum atomic E-state index is 2.48. The average Bonchev–Trinajstić information content (AvgIpc) is 3.24. The Morgan fingerprint density at radius 2 is 1.89 bits per heavy atom. The van der Waals surface area contributed by atoms with E-state index in [1.165, 1.54) is 53.5 Å². The fourth-order valence-corrected chi connectivity index (χ4v) is 4.94. The standard InChI is InChI=1S/C26H29N/c1-4-9-22-18-27(3)19-24(22)21-13-12-20-14-16-26(15-5-2,25(20)17-21)23-10-7-6-8-11-23/h4,6-13,17-19H,5,14-16H2,1-3H3/b9-4-. The second-order valence-corrected chi connectivity index (χ2v) is 7.86. The second-order valence-electron chi connectivity index (χ2n) is 7.86. The van der Waals surface area contributed by atoms with Crippen molar-refractivity contribution < 1.29 is 0 Å². The Morgan fingerprint density at radius 1 is 1.07 bits per heavy atom. The number of fused-ring (bicyclic) bond motifs is 1. The van der Waals surface area contributed by atoms with Gasteiger partial charge in [-0.3, -0.25) is 0 Å². The van der Waals surface area contributed by atoms with Gasteiger partial charge in [-0.2, -0.15) is 0 Å². The molecule has 0 saturated carbocycles. The fourth-order valence-electron chi connectivity index (χ4n) is 4.94. The Kier molecular flexibility index (Phi) is 4.78. The number of hydrogen-bond acceptors (Lipinski definition) is 0. The number of aromatic nitrogens is 1. The summed E-state index contributed by atoms with van der Waals surface area (Å²) in [7, 11) is 2.11. The molecule has 0 fully saturated rings.